The minimum absolute atomic E-state index is 0. The summed E-state index contributed by atoms with van der Waals surface area (Å²) in [6.07, 6.45) is 2.12. The Balaban J connectivity index is 0.00000364. The monoisotopic (exact) mass is 509 g/mol. The number of hydrogen-bond acceptors (Lipinski definition) is 3. The van der Waals surface area contributed by atoms with Crippen molar-refractivity contribution >= 4 is 41.7 Å². The molecule has 0 atom stereocenters. The quantitative estimate of drug-likeness (QED) is 0.329. The second kappa shape index (κ2) is 11.5. The van der Waals surface area contributed by atoms with E-state index in [1.54, 1.807) is 19.2 Å². The lowest BCUT2D eigenvalue weighted by Crippen LogP contribution is -2.50. The fourth-order valence-corrected chi connectivity index (χ4v) is 4.45. The van der Waals surface area contributed by atoms with Crippen LogP contribution in [0.5, 0.6) is 0 Å². The van der Waals surface area contributed by atoms with Crippen molar-refractivity contribution in [2.45, 2.75) is 43.8 Å². The van der Waals surface area contributed by atoms with Crippen molar-refractivity contribution in [3.63, 3.8) is 0 Å². The van der Waals surface area contributed by atoms with Crippen LogP contribution < -0.4 is 10.6 Å². The standard InChI is InChI=1S/C20H32FN3OS.HI/c1-5-26-20(9-11-25-12-10-20)15-24-18(22-4)23-14-19(2,3)16-7-6-8-17(21)13-16;/h6-8,13H,5,9-12,14-15H2,1-4H3,(H2,22,23,24);1H. The summed E-state index contributed by atoms with van der Waals surface area (Å²) >= 11 is 2.01. The number of halogens is 2. The summed E-state index contributed by atoms with van der Waals surface area (Å²) in [4.78, 5) is 4.36. The molecule has 1 saturated heterocycles. The number of nitrogens with zero attached hydrogens (tertiary/aromatic N) is 1. The molecule has 2 rings (SSSR count). The maximum atomic E-state index is 13.5. The van der Waals surface area contributed by atoms with Gasteiger partial charge in [-0.05, 0) is 36.3 Å². The van der Waals surface area contributed by atoms with Gasteiger partial charge in [-0.2, -0.15) is 11.8 Å². The number of guanidine groups is 1. The Hall–Kier alpha value is -0.540. The van der Waals surface area contributed by atoms with E-state index in [9.17, 15) is 4.39 Å². The fraction of sp³-hybridized carbons (Fsp3) is 0.650. The number of rotatable bonds is 7. The zero-order chi connectivity index (χ0) is 19.0. The molecule has 1 aliphatic heterocycles. The highest BCUT2D eigenvalue weighted by molar-refractivity contribution is 14.0. The molecule has 1 heterocycles. The molecule has 2 N–H and O–H groups in total. The molecule has 27 heavy (non-hydrogen) atoms. The third-order valence-electron chi connectivity index (χ3n) is 4.96. The van der Waals surface area contributed by atoms with Gasteiger partial charge in [-0.3, -0.25) is 4.99 Å². The Morgan fingerprint density at radius 2 is 2.00 bits per heavy atom. The Labute approximate surface area is 184 Å². The van der Waals surface area contributed by atoms with Gasteiger partial charge >= 0.3 is 0 Å². The molecule has 0 saturated carbocycles. The first-order chi connectivity index (χ1) is 12.4. The van der Waals surface area contributed by atoms with Crippen LogP contribution in [0, 0.1) is 5.82 Å². The number of ether oxygens (including phenoxy) is 1. The highest BCUT2D eigenvalue weighted by Gasteiger charge is 2.33. The minimum Gasteiger partial charge on any atom is -0.381 e. The molecule has 1 aliphatic rings. The van der Waals surface area contributed by atoms with Gasteiger partial charge in [-0.1, -0.05) is 32.9 Å². The highest BCUT2D eigenvalue weighted by atomic mass is 127. The smallest absolute Gasteiger partial charge is 0.191 e. The van der Waals surface area contributed by atoms with Crippen molar-refractivity contribution in [2.75, 3.05) is 39.1 Å². The van der Waals surface area contributed by atoms with Gasteiger partial charge in [0.2, 0.25) is 0 Å². The van der Waals surface area contributed by atoms with E-state index in [0.717, 1.165) is 49.9 Å². The van der Waals surface area contributed by atoms with Crippen molar-refractivity contribution in [1.82, 2.24) is 10.6 Å². The molecule has 0 amide bonds. The summed E-state index contributed by atoms with van der Waals surface area (Å²) in [5.41, 5.74) is 0.775. The molecular weight excluding hydrogens is 476 g/mol. The van der Waals surface area contributed by atoms with Gasteiger partial charge < -0.3 is 15.4 Å². The summed E-state index contributed by atoms with van der Waals surface area (Å²) in [7, 11) is 1.79. The molecule has 0 spiro atoms. The summed E-state index contributed by atoms with van der Waals surface area (Å²) in [6, 6.07) is 6.81. The molecule has 0 aliphatic carbocycles. The number of aliphatic imine (C=N–C) groups is 1. The molecule has 0 unspecified atom stereocenters. The van der Waals surface area contributed by atoms with Gasteiger partial charge in [0, 0.05) is 43.5 Å². The fourth-order valence-electron chi connectivity index (χ4n) is 3.20. The van der Waals surface area contributed by atoms with Crippen LogP contribution in [0.1, 0.15) is 39.2 Å². The summed E-state index contributed by atoms with van der Waals surface area (Å²) in [5.74, 6) is 1.69. The van der Waals surface area contributed by atoms with E-state index in [2.05, 4.69) is 36.4 Å². The first-order valence-electron chi connectivity index (χ1n) is 9.33. The first kappa shape index (κ1) is 24.5. The third kappa shape index (κ3) is 7.42. The lowest BCUT2D eigenvalue weighted by Gasteiger charge is -2.37. The minimum atomic E-state index is -0.200. The molecule has 7 heteroatoms. The number of thioether (sulfide) groups is 1. The van der Waals surface area contributed by atoms with E-state index < -0.39 is 0 Å². The van der Waals surface area contributed by atoms with Gasteiger partial charge in [0.05, 0.1) is 0 Å². The average molecular weight is 509 g/mol. The largest absolute Gasteiger partial charge is 0.381 e. The van der Waals surface area contributed by atoms with Crippen LogP contribution in [0.25, 0.3) is 0 Å². The first-order valence-corrected chi connectivity index (χ1v) is 10.3. The lowest BCUT2D eigenvalue weighted by atomic mass is 9.84. The highest BCUT2D eigenvalue weighted by Crippen LogP contribution is 2.34. The SMILES string of the molecule is CCSC1(CNC(=NC)NCC(C)(C)c2cccc(F)c2)CCOCC1.I. The van der Waals surface area contributed by atoms with Crippen LogP contribution in [0.3, 0.4) is 0 Å². The van der Waals surface area contributed by atoms with Crippen LogP contribution in [0.15, 0.2) is 29.3 Å². The summed E-state index contributed by atoms with van der Waals surface area (Å²) in [5, 5.41) is 6.89. The topological polar surface area (TPSA) is 45.7 Å². The second-order valence-corrected chi connectivity index (χ2v) is 9.13. The Kier molecular flexibility index (Phi) is 10.4. The molecule has 1 fully saturated rings. The van der Waals surface area contributed by atoms with Gasteiger partial charge in [-0.25, -0.2) is 4.39 Å². The molecule has 0 bridgehead atoms. The maximum absolute atomic E-state index is 13.5. The Morgan fingerprint density at radius 1 is 1.30 bits per heavy atom. The summed E-state index contributed by atoms with van der Waals surface area (Å²) in [6.45, 7) is 9.61. The molecule has 1 aromatic rings. The van der Waals surface area contributed by atoms with Gasteiger partial charge in [-0.15, -0.1) is 24.0 Å². The summed E-state index contributed by atoms with van der Waals surface area (Å²) < 4.78 is 19.3. The molecule has 0 aromatic heterocycles. The lowest BCUT2D eigenvalue weighted by molar-refractivity contribution is 0.0782. The second-order valence-electron chi connectivity index (χ2n) is 7.40. The van der Waals surface area contributed by atoms with Crippen LogP contribution >= 0.6 is 35.7 Å². The van der Waals surface area contributed by atoms with Crippen molar-refractivity contribution < 1.29 is 9.13 Å². The molecule has 1 aromatic carbocycles. The van der Waals surface area contributed by atoms with Gasteiger partial charge in [0.25, 0.3) is 0 Å². The molecule has 4 nitrogen and oxygen atoms in total. The van der Waals surface area contributed by atoms with E-state index in [0.29, 0.717) is 6.54 Å². The van der Waals surface area contributed by atoms with E-state index in [-0.39, 0.29) is 40.0 Å². The van der Waals surface area contributed by atoms with Crippen molar-refractivity contribution in [3.8, 4) is 0 Å². The van der Waals surface area contributed by atoms with E-state index in [1.807, 2.05) is 17.8 Å². The van der Waals surface area contributed by atoms with Gasteiger partial charge in [0.15, 0.2) is 5.96 Å². The number of hydrogen-bond donors (Lipinski definition) is 2. The Bertz CT molecular complexity index is 601. The van der Waals surface area contributed by atoms with Crippen LogP contribution in [-0.2, 0) is 10.2 Å². The van der Waals surface area contributed by atoms with Crippen LogP contribution in [-0.4, -0.2) is 49.8 Å². The van der Waals surface area contributed by atoms with E-state index in [1.165, 1.54) is 6.07 Å². The number of benzene rings is 1. The molecule has 154 valence electrons. The zero-order valence-electron chi connectivity index (χ0n) is 16.8. The number of nitrogens with one attached hydrogen (secondary N) is 2. The van der Waals surface area contributed by atoms with E-state index >= 15 is 0 Å². The Morgan fingerprint density at radius 3 is 2.59 bits per heavy atom. The van der Waals surface area contributed by atoms with Crippen LogP contribution in [0.4, 0.5) is 4.39 Å². The average Bonchev–Trinajstić information content (AvgIpc) is 2.63. The van der Waals surface area contributed by atoms with E-state index in [4.69, 9.17) is 4.74 Å². The van der Waals surface area contributed by atoms with Crippen molar-refractivity contribution in [2.24, 2.45) is 4.99 Å². The maximum Gasteiger partial charge on any atom is 0.191 e. The molecular formula is C20H33FIN3OS. The predicted octanol–water partition coefficient (Wildman–Crippen LogP) is 4.19. The van der Waals surface area contributed by atoms with Crippen molar-refractivity contribution in [3.05, 3.63) is 35.6 Å². The third-order valence-corrected chi connectivity index (χ3v) is 6.41. The normalized spacial score (nSPS) is 17.1. The zero-order valence-corrected chi connectivity index (χ0v) is 20.0. The van der Waals surface area contributed by atoms with Crippen LogP contribution in [0.2, 0.25) is 0 Å². The van der Waals surface area contributed by atoms with Crippen molar-refractivity contribution in [1.29, 1.82) is 0 Å². The predicted molar refractivity (Wildman–Crippen MR) is 125 cm³/mol. The molecule has 0 radical (unpaired) electrons. The van der Waals surface area contributed by atoms with Gasteiger partial charge in [0.1, 0.15) is 5.82 Å².